The molecular formula is C14H15NO3. The van der Waals surface area contributed by atoms with E-state index in [1.165, 1.54) is 7.11 Å². The van der Waals surface area contributed by atoms with Crippen molar-refractivity contribution >= 4 is 16.9 Å². The summed E-state index contributed by atoms with van der Waals surface area (Å²) in [5.41, 5.74) is 2.54. The maximum Gasteiger partial charge on any atom is 0.340 e. The van der Waals surface area contributed by atoms with Crippen LogP contribution in [0.2, 0.25) is 0 Å². The van der Waals surface area contributed by atoms with Crippen LogP contribution in [0.3, 0.4) is 0 Å². The van der Waals surface area contributed by atoms with Crippen LogP contribution >= 0.6 is 0 Å². The highest BCUT2D eigenvalue weighted by Crippen LogP contribution is 2.30. The van der Waals surface area contributed by atoms with Crippen LogP contribution in [0.15, 0.2) is 18.2 Å². The Morgan fingerprint density at radius 2 is 2.17 bits per heavy atom. The number of fused-ring (bicyclic) bond motifs is 1. The van der Waals surface area contributed by atoms with Gasteiger partial charge in [0.05, 0.1) is 18.3 Å². The zero-order chi connectivity index (χ0) is 13.3. The van der Waals surface area contributed by atoms with Crippen molar-refractivity contribution in [3.8, 4) is 5.75 Å². The van der Waals surface area contributed by atoms with Crippen molar-refractivity contribution < 1.29 is 14.6 Å². The number of carboxylic acids is 1. The molecule has 2 aromatic rings. The summed E-state index contributed by atoms with van der Waals surface area (Å²) in [6.07, 6.45) is 0.852. The standard InChI is InChI=1S/C14H15NO3/c1-4-9-5-6-11-10(7-9)12(14(16)17)13(18-3)8(2)15-11/h5-7H,4H2,1-3H3,(H,16,17). The van der Waals surface area contributed by atoms with Gasteiger partial charge in [-0.05, 0) is 31.0 Å². The Balaban J connectivity index is 2.89. The van der Waals surface area contributed by atoms with E-state index in [4.69, 9.17) is 4.74 Å². The second-order valence-electron chi connectivity index (χ2n) is 4.12. The molecule has 0 spiro atoms. The minimum Gasteiger partial charge on any atom is -0.494 e. The quantitative estimate of drug-likeness (QED) is 0.903. The number of carboxylic acid groups (broad SMARTS) is 1. The van der Waals surface area contributed by atoms with E-state index in [1.54, 1.807) is 6.92 Å². The number of pyridine rings is 1. The molecule has 0 amide bonds. The van der Waals surface area contributed by atoms with Crippen molar-refractivity contribution in [3.63, 3.8) is 0 Å². The van der Waals surface area contributed by atoms with Gasteiger partial charge in [0.25, 0.3) is 0 Å². The van der Waals surface area contributed by atoms with Gasteiger partial charge in [0.1, 0.15) is 5.56 Å². The summed E-state index contributed by atoms with van der Waals surface area (Å²) < 4.78 is 5.18. The third-order valence-electron chi connectivity index (χ3n) is 3.00. The van der Waals surface area contributed by atoms with Gasteiger partial charge in [0.15, 0.2) is 5.75 Å². The molecule has 1 aromatic carbocycles. The highest BCUT2D eigenvalue weighted by Gasteiger charge is 2.19. The van der Waals surface area contributed by atoms with Crippen molar-refractivity contribution in [2.24, 2.45) is 0 Å². The number of hydrogen-bond acceptors (Lipinski definition) is 3. The van der Waals surface area contributed by atoms with Crippen molar-refractivity contribution in [3.05, 3.63) is 35.0 Å². The molecule has 1 heterocycles. The van der Waals surface area contributed by atoms with Crippen LogP contribution in [0.4, 0.5) is 0 Å². The lowest BCUT2D eigenvalue weighted by atomic mass is 10.0. The summed E-state index contributed by atoms with van der Waals surface area (Å²) in [5, 5.41) is 10.0. The molecule has 1 aromatic heterocycles. The van der Waals surface area contributed by atoms with Gasteiger partial charge in [-0.2, -0.15) is 0 Å². The Bertz CT molecular complexity index is 620. The van der Waals surface area contributed by atoms with Gasteiger partial charge in [-0.15, -0.1) is 0 Å². The minimum atomic E-state index is -0.990. The highest BCUT2D eigenvalue weighted by atomic mass is 16.5. The number of aryl methyl sites for hydroxylation is 2. The summed E-state index contributed by atoms with van der Waals surface area (Å²) >= 11 is 0. The van der Waals surface area contributed by atoms with E-state index in [2.05, 4.69) is 4.98 Å². The van der Waals surface area contributed by atoms with Crippen molar-refractivity contribution in [1.29, 1.82) is 0 Å². The molecule has 18 heavy (non-hydrogen) atoms. The largest absolute Gasteiger partial charge is 0.494 e. The lowest BCUT2D eigenvalue weighted by Gasteiger charge is -2.11. The van der Waals surface area contributed by atoms with Crippen LogP contribution in [0, 0.1) is 6.92 Å². The van der Waals surface area contributed by atoms with Gasteiger partial charge >= 0.3 is 5.97 Å². The maximum absolute atomic E-state index is 11.4. The maximum atomic E-state index is 11.4. The molecule has 4 nitrogen and oxygen atoms in total. The second-order valence-corrected chi connectivity index (χ2v) is 4.12. The second kappa shape index (κ2) is 4.64. The fourth-order valence-electron chi connectivity index (χ4n) is 2.10. The van der Waals surface area contributed by atoms with Gasteiger partial charge in [0.2, 0.25) is 0 Å². The zero-order valence-electron chi connectivity index (χ0n) is 10.7. The van der Waals surface area contributed by atoms with Crippen molar-refractivity contribution in [1.82, 2.24) is 4.98 Å². The molecule has 0 unspecified atom stereocenters. The SMILES string of the molecule is CCc1ccc2nc(C)c(OC)c(C(=O)O)c2c1. The van der Waals surface area contributed by atoms with E-state index in [1.807, 2.05) is 25.1 Å². The van der Waals surface area contributed by atoms with E-state index in [9.17, 15) is 9.90 Å². The van der Waals surface area contributed by atoms with Gasteiger partial charge < -0.3 is 9.84 Å². The Kier molecular flexibility index (Phi) is 3.19. The van der Waals surface area contributed by atoms with E-state index < -0.39 is 5.97 Å². The zero-order valence-corrected chi connectivity index (χ0v) is 10.7. The summed E-state index contributed by atoms with van der Waals surface area (Å²) in [6.45, 7) is 3.78. The first-order valence-electron chi connectivity index (χ1n) is 5.79. The molecule has 0 aliphatic heterocycles. The minimum absolute atomic E-state index is 0.190. The number of benzene rings is 1. The Hall–Kier alpha value is -2.10. The Labute approximate surface area is 105 Å². The average Bonchev–Trinajstić information content (AvgIpc) is 2.36. The summed E-state index contributed by atoms with van der Waals surface area (Å²) in [4.78, 5) is 15.8. The molecule has 0 saturated carbocycles. The molecular weight excluding hydrogens is 230 g/mol. The van der Waals surface area contributed by atoms with Gasteiger partial charge in [0, 0.05) is 5.39 Å². The van der Waals surface area contributed by atoms with E-state index in [0.29, 0.717) is 22.3 Å². The highest BCUT2D eigenvalue weighted by molar-refractivity contribution is 6.05. The molecule has 0 saturated heterocycles. The van der Waals surface area contributed by atoms with Crippen LogP contribution in [0.5, 0.6) is 5.75 Å². The fraction of sp³-hybridized carbons (Fsp3) is 0.286. The molecule has 0 atom stereocenters. The van der Waals surface area contributed by atoms with E-state index in [0.717, 1.165) is 12.0 Å². The number of hydrogen-bond donors (Lipinski definition) is 1. The number of ether oxygens (including phenoxy) is 1. The van der Waals surface area contributed by atoms with Crippen molar-refractivity contribution in [2.75, 3.05) is 7.11 Å². The molecule has 2 rings (SSSR count). The van der Waals surface area contributed by atoms with Crippen LogP contribution in [-0.2, 0) is 6.42 Å². The van der Waals surface area contributed by atoms with Crippen molar-refractivity contribution in [2.45, 2.75) is 20.3 Å². The monoisotopic (exact) mass is 245 g/mol. The topological polar surface area (TPSA) is 59.4 Å². The van der Waals surface area contributed by atoms with Crippen LogP contribution < -0.4 is 4.74 Å². The number of aromatic carboxylic acids is 1. The number of carbonyl (C=O) groups is 1. The van der Waals surface area contributed by atoms with E-state index in [-0.39, 0.29) is 5.56 Å². The summed E-state index contributed by atoms with van der Waals surface area (Å²) in [7, 11) is 1.46. The third kappa shape index (κ3) is 1.90. The predicted molar refractivity (Wildman–Crippen MR) is 69.4 cm³/mol. The molecule has 0 bridgehead atoms. The summed E-state index contributed by atoms with van der Waals surface area (Å²) in [5.74, 6) is -0.654. The average molecular weight is 245 g/mol. The first-order valence-corrected chi connectivity index (χ1v) is 5.79. The number of nitrogens with zero attached hydrogens (tertiary/aromatic N) is 1. The summed E-state index contributed by atoms with van der Waals surface area (Å²) in [6, 6.07) is 5.69. The lowest BCUT2D eigenvalue weighted by molar-refractivity contribution is 0.0695. The Morgan fingerprint density at radius 3 is 2.72 bits per heavy atom. The normalized spacial score (nSPS) is 10.6. The molecule has 4 heteroatoms. The van der Waals surface area contributed by atoms with Crippen LogP contribution in [0.1, 0.15) is 28.5 Å². The first kappa shape index (κ1) is 12.4. The predicted octanol–water partition coefficient (Wildman–Crippen LogP) is 2.81. The molecule has 0 aliphatic rings. The number of aromatic nitrogens is 1. The lowest BCUT2D eigenvalue weighted by Crippen LogP contribution is -2.05. The smallest absolute Gasteiger partial charge is 0.340 e. The molecule has 0 aliphatic carbocycles. The molecule has 1 N–H and O–H groups in total. The molecule has 0 radical (unpaired) electrons. The van der Waals surface area contributed by atoms with Gasteiger partial charge in [-0.1, -0.05) is 13.0 Å². The molecule has 94 valence electrons. The Morgan fingerprint density at radius 1 is 1.44 bits per heavy atom. The number of rotatable bonds is 3. The van der Waals surface area contributed by atoms with Crippen LogP contribution in [-0.4, -0.2) is 23.2 Å². The fourth-order valence-corrected chi connectivity index (χ4v) is 2.10. The van der Waals surface area contributed by atoms with Gasteiger partial charge in [-0.25, -0.2) is 9.78 Å². The third-order valence-corrected chi connectivity index (χ3v) is 3.00. The number of methoxy groups -OCH3 is 1. The van der Waals surface area contributed by atoms with E-state index >= 15 is 0 Å². The van der Waals surface area contributed by atoms with Crippen LogP contribution in [0.25, 0.3) is 10.9 Å². The first-order chi connectivity index (χ1) is 8.58. The van der Waals surface area contributed by atoms with Gasteiger partial charge in [-0.3, -0.25) is 0 Å². The molecule has 0 fully saturated rings.